The van der Waals surface area contributed by atoms with Crippen LogP contribution in [0.2, 0.25) is 0 Å². The lowest BCUT2D eigenvalue weighted by molar-refractivity contribution is 0.0642. The largest absolute Gasteiger partial charge is 0.381 e. The van der Waals surface area contributed by atoms with Gasteiger partial charge in [-0.15, -0.1) is 0 Å². The first-order chi connectivity index (χ1) is 8.27. The predicted molar refractivity (Wildman–Crippen MR) is 67.1 cm³/mol. The molecule has 0 unspecified atom stereocenters. The maximum Gasteiger partial charge on any atom is 0.251 e. The number of hydrogen-bond acceptors (Lipinski definition) is 2. The minimum Gasteiger partial charge on any atom is -0.381 e. The SMILES string of the molecule is Cc1ccccc1C(=O)NCC1CCOCC1. The van der Waals surface area contributed by atoms with Crippen molar-refractivity contribution < 1.29 is 9.53 Å². The molecule has 0 aromatic heterocycles. The first-order valence-electron chi connectivity index (χ1n) is 6.19. The van der Waals surface area contributed by atoms with Gasteiger partial charge in [0.05, 0.1) is 0 Å². The first kappa shape index (κ1) is 12.1. The molecule has 0 atom stereocenters. The van der Waals surface area contributed by atoms with E-state index in [1.165, 1.54) is 0 Å². The van der Waals surface area contributed by atoms with Gasteiger partial charge in [-0.25, -0.2) is 0 Å². The Morgan fingerprint density at radius 2 is 2.06 bits per heavy atom. The van der Waals surface area contributed by atoms with Crippen LogP contribution in [-0.4, -0.2) is 25.7 Å². The summed E-state index contributed by atoms with van der Waals surface area (Å²) >= 11 is 0. The molecular formula is C14H19NO2. The highest BCUT2D eigenvalue weighted by molar-refractivity contribution is 5.95. The Morgan fingerprint density at radius 1 is 1.35 bits per heavy atom. The van der Waals surface area contributed by atoms with Gasteiger partial charge in [0, 0.05) is 25.3 Å². The van der Waals surface area contributed by atoms with Gasteiger partial charge in [0.1, 0.15) is 0 Å². The zero-order valence-corrected chi connectivity index (χ0v) is 10.2. The zero-order chi connectivity index (χ0) is 12.1. The summed E-state index contributed by atoms with van der Waals surface area (Å²) < 4.78 is 5.30. The molecule has 1 amide bonds. The zero-order valence-electron chi connectivity index (χ0n) is 10.2. The van der Waals surface area contributed by atoms with Crippen molar-refractivity contribution in [3.63, 3.8) is 0 Å². The van der Waals surface area contributed by atoms with Crippen LogP contribution in [0.25, 0.3) is 0 Å². The summed E-state index contributed by atoms with van der Waals surface area (Å²) in [5.41, 5.74) is 1.80. The summed E-state index contributed by atoms with van der Waals surface area (Å²) in [6, 6.07) is 7.68. The van der Waals surface area contributed by atoms with Gasteiger partial charge in [-0.05, 0) is 37.3 Å². The molecular weight excluding hydrogens is 214 g/mol. The van der Waals surface area contributed by atoms with Crippen molar-refractivity contribution in [3.8, 4) is 0 Å². The van der Waals surface area contributed by atoms with E-state index >= 15 is 0 Å². The molecule has 1 aromatic rings. The van der Waals surface area contributed by atoms with Gasteiger partial charge in [-0.2, -0.15) is 0 Å². The maximum absolute atomic E-state index is 12.0. The molecule has 0 spiro atoms. The molecule has 1 aliphatic rings. The monoisotopic (exact) mass is 233 g/mol. The minimum absolute atomic E-state index is 0.0367. The van der Waals surface area contributed by atoms with Gasteiger partial charge >= 0.3 is 0 Å². The molecule has 2 rings (SSSR count). The Balaban J connectivity index is 1.87. The third-order valence-electron chi connectivity index (χ3n) is 3.28. The van der Waals surface area contributed by atoms with Crippen LogP contribution in [0.3, 0.4) is 0 Å². The van der Waals surface area contributed by atoms with Crippen LogP contribution >= 0.6 is 0 Å². The molecule has 1 aromatic carbocycles. The van der Waals surface area contributed by atoms with Crippen LogP contribution in [0.5, 0.6) is 0 Å². The van der Waals surface area contributed by atoms with Crippen molar-refractivity contribution >= 4 is 5.91 Å². The molecule has 1 N–H and O–H groups in total. The molecule has 0 radical (unpaired) electrons. The number of rotatable bonds is 3. The molecule has 0 bridgehead atoms. The van der Waals surface area contributed by atoms with E-state index in [-0.39, 0.29) is 5.91 Å². The van der Waals surface area contributed by atoms with E-state index in [1.54, 1.807) is 0 Å². The number of ether oxygens (including phenoxy) is 1. The molecule has 1 saturated heterocycles. The second-order valence-corrected chi connectivity index (χ2v) is 4.58. The lowest BCUT2D eigenvalue weighted by Gasteiger charge is -2.22. The van der Waals surface area contributed by atoms with Crippen molar-refractivity contribution in [2.45, 2.75) is 19.8 Å². The topological polar surface area (TPSA) is 38.3 Å². The van der Waals surface area contributed by atoms with Gasteiger partial charge in [0.15, 0.2) is 0 Å². The number of benzene rings is 1. The molecule has 1 aliphatic heterocycles. The van der Waals surface area contributed by atoms with Gasteiger partial charge < -0.3 is 10.1 Å². The molecule has 3 heteroatoms. The summed E-state index contributed by atoms with van der Waals surface area (Å²) in [5.74, 6) is 0.603. The van der Waals surface area contributed by atoms with E-state index in [0.29, 0.717) is 5.92 Å². The highest BCUT2D eigenvalue weighted by Gasteiger charge is 2.15. The van der Waals surface area contributed by atoms with Crippen LogP contribution in [0, 0.1) is 12.8 Å². The molecule has 0 saturated carbocycles. The Kier molecular flexibility index (Phi) is 4.15. The Hall–Kier alpha value is -1.35. The van der Waals surface area contributed by atoms with Crippen LogP contribution in [0.15, 0.2) is 24.3 Å². The van der Waals surface area contributed by atoms with Crippen molar-refractivity contribution in [1.29, 1.82) is 0 Å². The molecule has 3 nitrogen and oxygen atoms in total. The summed E-state index contributed by atoms with van der Waals surface area (Å²) in [4.78, 5) is 12.0. The third kappa shape index (κ3) is 3.30. The average molecular weight is 233 g/mol. The van der Waals surface area contributed by atoms with Crippen molar-refractivity contribution in [3.05, 3.63) is 35.4 Å². The van der Waals surface area contributed by atoms with Crippen LogP contribution in [-0.2, 0) is 4.74 Å². The number of carbonyl (C=O) groups excluding carboxylic acids is 1. The highest BCUT2D eigenvalue weighted by atomic mass is 16.5. The second-order valence-electron chi connectivity index (χ2n) is 4.58. The van der Waals surface area contributed by atoms with Gasteiger partial charge in [-0.3, -0.25) is 4.79 Å². The lowest BCUT2D eigenvalue weighted by Crippen LogP contribution is -2.32. The summed E-state index contributed by atoms with van der Waals surface area (Å²) in [6.07, 6.45) is 2.10. The van der Waals surface area contributed by atoms with E-state index in [4.69, 9.17) is 4.74 Å². The molecule has 1 fully saturated rings. The number of carbonyl (C=O) groups is 1. The summed E-state index contributed by atoms with van der Waals surface area (Å²) in [6.45, 7) is 4.37. The normalized spacial score (nSPS) is 16.8. The van der Waals surface area contributed by atoms with E-state index in [0.717, 1.165) is 43.7 Å². The van der Waals surface area contributed by atoms with Crippen molar-refractivity contribution in [2.24, 2.45) is 5.92 Å². The van der Waals surface area contributed by atoms with E-state index < -0.39 is 0 Å². The Morgan fingerprint density at radius 3 is 2.76 bits per heavy atom. The fourth-order valence-electron chi connectivity index (χ4n) is 2.11. The fraction of sp³-hybridized carbons (Fsp3) is 0.500. The minimum atomic E-state index is 0.0367. The maximum atomic E-state index is 12.0. The van der Waals surface area contributed by atoms with Crippen LogP contribution in [0.4, 0.5) is 0 Å². The van der Waals surface area contributed by atoms with Crippen LogP contribution < -0.4 is 5.32 Å². The number of amides is 1. The summed E-state index contributed by atoms with van der Waals surface area (Å²) in [7, 11) is 0. The van der Waals surface area contributed by atoms with E-state index in [2.05, 4.69) is 5.32 Å². The predicted octanol–water partition coefficient (Wildman–Crippen LogP) is 2.15. The smallest absolute Gasteiger partial charge is 0.251 e. The molecule has 92 valence electrons. The second kappa shape index (κ2) is 5.82. The van der Waals surface area contributed by atoms with E-state index in [9.17, 15) is 4.79 Å². The first-order valence-corrected chi connectivity index (χ1v) is 6.19. The third-order valence-corrected chi connectivity index (χ3v) is 3.28. The van der Waals surface area contributed by atoms with E-state index in [1.807, 2.05) is 31.2 Å². The quantitative estimate of drug-likeness (QED) is 0.868. The van der Waals surface area contributed by atoms with Gasteiger partial charge in [0.25, 0.3) is 5.91 Å². The molecule has 17 heavy (non-hydrogen) atoms. The number of nitrogens with one attached hydrogen (secondary N) is 1. The number of aryl methyl sites for hydroxylation is 1. The molecule has 0 aliphatic carbocycles. The van der Waals surface area contributed by atoms with Crippen molar-refractivity contribution in [1.82, 2.24) is 5.32 Å². The molecule has 1 heterocycles. The van der Waals surface area contributed by atoms with Crippen LogP contribution in [0.1, 0.15) is 28.8 Å². The highest BCUT2D eigenvalue weighted by Crippen LogP contribution is 2.14. The lowest BCUT2D eigenvalue weighted by atomic mass is 10.00. The van der Waals surface area contributed by atoms with Gasteiger partial charge in [0.2, 0.25) is 0 Å². The standard InChI is InChI=1S/C14H19NO2/c1-11-4-2-3-5-13(11)14(16)15-10-12-6-8-17-9-7-12/h2-5,12H,6-10H2,1H3,(H,15,16). The number of hydrogen-bond donors (Lipinski definition) is 1. The average Bonchev–Trinajstić information content (AvgIpc) is 2.38. The van der Waals surface area contributed by atoms with Crippen molar-refractivity contribution in [2.75, 3.05) is 19.8 Å². The Bertz CT molecular complexity index is 384. The summed E-state index contributed by atoms with van der Waals surface area (Å²) in [5, 5.41) is 3.01. The van der Waals surface area contributed by atoms with Gasteiger partial charge in [-0.1, -0.05) is 18.2 Å². The fourth-order valence-corrected chi connectivity index (χ4v) is 2.11. The Labute approximate surface area is 102 Å².